The van der Waals surface area contributed by atoms with Gasteiger partial charge in [-0.25, -0.2) is 0 Å². The Labute approximate surface area is 115 Å². The Morgan fingerprint density at radius 1 is 0.789 bits per heavy atom. The quantitative estimate of drug-likeness (QED) is 0.802. The van der Waals surface area contributed by atoms with E-state index in [9.17, 15) is 0 Å². The molecule has 0 N–H and O–H groups in total. The molecule has 0 aliphatic heterocycles. The molecule has 2 heteroatoms. The summed E-state index contributed by atoms with van der Waals surface area (Å²) in [6.45, 7) is 4.30. The van der Waals surface area contributed by atoms with Gasteiger partial charge in [-0.2, -0.15) is 0 Å². The average molecular weight is 256 g/mol. The zero-order valence-electron chi connectivity index (χ0n) is 11.9. The smallest absolute Gasteiger partial charge is 0.168 e. The zero-order valence-corrected chi connectivity index (χ0v) is 11.9. The van der Waals surface area contributed by atoms with Gasteiger partial charge in [0.15, 0.2) is 11.5 Å². The molecular weight excluding hydrogens is 236 g/mol. The molecule has 0 bridgehead atoms. The van der Waals surface area contributed by atoms with Crippen LogP contribution in [-0.4, -0.2) is 14.2 Å². The molecule has 2 rings (SSSR count). The van der Waals surface area contributed by atoms with Crippen molar-refractivity contribution < 1.29 is 9.47 Å². The van der Waals surface area contributed by atoms with Crippen LogP contribution in [0.3, 0.4) is 0 Å². The maximum Gasteiger partial charge on any atom is 0.168 e. The Morgan fingerprint density at radius 2 is 1.42 bits per heavy atom. The van der Waals surface area contributed by atoms with Crippen LogP contribution in [-0.2, 0) is 0 Å². The van der Waals surface area contributed by atoms with Crippen LogP contribution < -0.4 is 9.47 Å². The van der Waals surface area contributed by atoms with Crippen LogP contribution in [0, 0.1) is 0 Å². The summed E-state index contributed by atoms with van der Waals surface area (Å²) in [5, 5.41) is 0. The topological polar surface area (TPSA) is 18.5 Å². The Bertz CT molecular complexity index is 545. The van der Waals surface area contributed by atoms with E-state index in [4.69, 9.17) is 9.47 Å². The van der Waals surface area contributed by atoms with Gasteiger partial charge in [0.2, 0.25) is 0 Å². The van der Waals surface area contributed by atoms with E-state index in [1.807, 2.05) is 18.2 Å². The normalized spacial score (nSPS) is 10.6. The minimum Gasteiger partial charge on any atom is -0.493 e. The van der Waals surface area contributed by atoms with E-state index in [1.165, 1.54) is 5.56 Å². The second-order valence-corrected chi connectivity index (χ2v) is 4.79. The van der Waals surface area contributed by atoms with Crippen molar-refractivity contribution in [3.8, 4) is 22.6 Å². The van der Waals surface area contributed by atoms with Crippen molar-refractivity contribution in [1.29, 1.82) is 0 Å². The standard InChI is InChI=1S/C17H20O2/c1-12(2)14-10-11-15(13-8-6-5-7-9-13)17(19-4)16(14)18-3/h5-12H,1-4H3. The fraction of sp³-hybridized carbons (Fsp3) is 0.294. The maximum absolute atomic E-state index is 5.59. The Morgan fingerprint density at radius 3 is 1.95 bits per heavy atom. The third-order valence-electron chi connectivity index (χ3n) is 3.26. The van der Waals surface area contributed by atoms with Gasteiger partial charge in [0.25, 0.3) is 0 Å². The number of methoxy groups -OCH3 is 2. The summed E-state index contributed by atoms with van der Waals surface area (Å²) in [4.78, 5) is 0. The first-order valence-corrected chi connectivity index (χ1v) is 6.49. The minimum absolute atomic E-state index is 0.397. The van der Waals surface area contributed by atoms with Gasteiger partial charge in [-0.05, 0) is 11.5 Å². The van der Waals surface area contributed by atoms with Gasteiger partial charge in [-0.15, -0.1) is 0 Å². The van der Waals surface area contributed by atoms with Crippen LogP contribution in [0.5, 0.6) is 11.5 Å². The number of rotatable bonds is 4. The molecule has 0 fully saturated rings. The van der Waals surface area contributed by atoms with Crippen molar-refractivity contribution in [2.24, 2.45) is 0 Å². The van der Waals surface area contributed by atoms with Gasteiger partial charge in [0, 0.05) is 11.1 Å². The van der Waals surface area contributed by atoms with Crippen molar-refractivity contribution in [3.63, 3.8) is 0 Å². The van der Waals surface area contributed by atoms with Crippen LogP contribution in [0.4, 0.5) is 0 Å². The van der Waals surface area contributed by atoms with E-state index < -0.39 is 0 Å². The Balaban J connectivity index is 2.64. The van der Waals surface area contributed by atoms with Crippen molar-refractivity contribution in [2.75, 3.05) is 14.2 Å². The van der Waals surface area contributed by atoms with E-state index >= 15 is 0 Å². The molecule has 0 heterocycles. The molecule has 100 valence electrons. The van der Waals surface area contributed by atoms with Crippen molar-refractivity contribution >= 4 is 0 Å². The van der Waals surface area contributed by atoms with E-state index in [1.54, 1.807) is 14.2 Å². The van der Waals surface area contributed by atoms with Gasteiger partial charge in [0.05, 0.1) is 14.2 Å². The highest BCUT2D eigenvalue weighted by Gasteiger charge is 2.17. The molecule has 0 aromatic heterocycles. The molecule has 0 saturated carbocycles. The summed E-state index contributed by atoms with van der Waals surface area (Å²) < 4.78 is 11.2. The lowest BCUT2D eigenvalue weighted by molar-refractivity contribution is 0.351. The summed E-state index contributed by atoms with van der Waals surface area (Å²) in [6, 6.07) is 14.4. The average Bonchev–Trinajstić information content (AvgIpc) is 2.46. The summed E-state index contributed by atoms with van der Waals surface area (Å²) in [5.74, 6) is 2.03. The summed E-state index contributed by atoms with van der Waals surface area (Å²) in [7, 11) is 3.38. The molecule has 0 aliphatic rings. The van der Waals surface area contributed by atoms with Gasteiger partial charge < -0.3 is 9.47 Å². The molecule has 19 heavy (non-hydrogen) atoms. The lowest BCUT2D eigenvalue weighted by Gasteiger charge is -2.18. The molecule has 0 unspecified atom stereocenters. The van der Waals surface area contributed by atoms with Crippen LogP contribution in [0.15, 0.2) is 42.5 Å². The fourth-order valence-electron chi connectivity index (χ4n) is 2.29. The Kier molecular flexibility index (Phi) is 4.10. The molecule has 2 aromatic carbocycles. The summed E-state index contributed by atoms with van der Waals surface area (Å²) in [6.07, 6.45) is 0. The molecule has 0 spiro atoms. The lowest BCUT2D eigenvalue weighted by atomic mass is 9.96. The van der Waals surface area contributed by atoms with Crippen molar-refractivity contribution in [2.45, 2.75) is 19.8 Å². The SMILES string of the molecule is COc1c(-c2ccccc2)ccc(C(C)C)c1OC. The number of hydrogen-bond donors (Lipinski definition) is 0. The number of benzene rings is 2. The van der Waals surface area contributed by atoms with E-state index in [0.717, 1.165) is 22.6 Å². The second-order valence-electron chi connectivity index (χ2n) is 4.79. The fourth-order valence-corrected chi connectivity index (χ4v) is 2.29. The third kappa shape index (κ3) is 2.58. The molecular formula is C17H20O2. The summed E-state index contributed by atoms with van der Waals surface area (Å²) >= 11 is 0. The molecule has 0 radical (unpaired) electrons. The van der Waals surface area contributed by atoms with E-state index in [-0.39, 0.29) is 0 Å². The van der Waals surface area contributed by atoms with Gasteiger partial charge in [-0.1, -0.05) is 56.3 Å². The van der Waals surface area contributed by atoms with Crippen LogP contribution >= 0.6 is 0 Å². The number of hydrogen-bond acceptors (Lipinski definition) is 2. The lowest BCUT2D eigenvalue weighted by Crippen LogP contribution is -1.99. The van der Waals surface area contributed by atoms with Crippen LogP contribution in [0.2, 0.25) is 0 Å². The molecule has 2 nitrogen and oxygen atoms in total. The molecule has 0 atom stereocenters. The first-order chi connectivity index (χ1) is 9.19. The zero-order chi connectivity index (χ0) is 13.8. The van der Waals surface area contributed by atoms with E-state index in [2.05, 4.69) is 38.1 Å². The highest BCUT2D eigenvalue weighted by Crippen LogP contribution is 2.42. The van der Waals surface area contributed by atoms with Gasteiger partial charge in [0.1, 0.15) is 0 Å². The first-order valence-electron chi connectivity index (χ1n) is 6.49. The molecule has 0 aliphatic carbocycles. The highest BCUT2D eigenvalue weighted by molar-refractivity contribution is 5.75. The summed E-state index contributed by atoms with van der Waals surface area (Å²) in [5.41, 5.74) is 3.36. The van der Waals surface area contributed by atoms with Crippen molar-refractivity contribution in [3.05, 3.63) is 48.0 Å². The van der Waals surface area contributed by atoms with Crippen molar-refractivity contribution in [1.82, 2.24) is 0 Å². The molecule has 2 aromatic rings. The van der Waals surface area contributed by atoms with E-state index in [0.29, 0.717) is 5.92 Å². The highest BCUT2D eigenvalue weighted by atomic mass is 16.5. The third-order valence-corrected chi connectivity index (χ3v) is 3.26. The second kappa shape index (κ2) is 5.79. The Hall–Kier alpha value is -1.96. The number of ether oxygens (including phenoxy) is 2. The first kappa shape index (κ1) is 13.5. The maximum atomic E-state index is 5.59. The van der Waals surface area contributed by atoms with Gasteiger partial charge in [-0.3, -0.25) is 0 Å². The predicted octanol–water partition coefficient (Wildman–Crippen LogP) is 4.49. The predicted molar refractivity (Wildman–Crippen MR) is 79.1 cm³/mol. The van der Waals surface area contributed by atoms with Crippen LogP contribution in [0.1, 0.15) is 25.3 Å². The minimum atomic E-state index is 0.397. The molecule has 0 saturated heterocycles. The van der Waals surface area contributed by atoms with Crippen LogP contribution in [0.25, 0.3) is 11.1 Å². The largest absolute Gasteiger partial charge is 0.493 e. The monoisotopic (exact) mass is 256 g/mol. The molecule has 0 amide bonds. The van der Waals surface area contributed by atoms with Gasteiger partial charge >= 0.3 is 0 Å².